The third kappa shape index (κ3) is 5.81. The number of rotatable bonds is 6. The zero-order valence-corrected chi connectivity index (χ0v) is 13.7. The second kappa shape index (κ2) is 9.64. The summed E-state index contributed by atoms with van der Waals surface area (Å²) < 4.78 is 18.7. The maximum Gasteiger partial charge on any atom is 0.222 e. The van der Waals surface area contributed by atoms with Crippen LogP contribution in [-0.4, -0.2) is 44.1 Å². The van der Waals surface area contributed by atoms with Crippen molar-refractivity contribution in [3.05, 3.63) is 30.1 Å². The molecule has 0 unspecified atom stereocenters. The summed E-state index contributed by atoms with van der Waals surface area (Å²) in [6.07, 6.45) is 2.72. The van der Waals surface area contributed by atoms with Crippen molar-refractivity contribution in [2.75, 3.05) is 33.3 Å². The largest absolute Gasteiger partial charge is 0.489 e. The van der Waals surface area contributed by atoms with Crippen LogP contribution in [0.5, 0.6) is 5.75 Å². The summed E-state index contributed by atoms with van der Waals surface area (Å²) in [5, 5.41) is 3.29. The van der Waals surface area contributed by atoms with E-state index in [-0.39, 0.29) is 29.9 Å². The van der Waals surface area contributed by atoms with Crippen molar-refractivity contribution in [1.29, 1.82) is 0 Å². The number of carbonyl (C=O) groups excluding carboxylic acids is 1. The minimum absolute atomic E-state index is 0. The molecular weight excluding hydrogens is 307 g/mol. The molecule has 1 fully saturated rings. The first-order valence-corrected chi connectivity index (χ1v) is 7.49. The Labute approximate surface area is 137 Å². The van der Waals surface area contributed by atoms with Crippen molar-refractivity contribution in [3.63, 3.8) is 0 Å². The summed E-state index contributed by atoms with van der Waals surface area (Å²) in [7, 11) is 1.77. The molecule has 2 rings (SSSR count). The van der Waals surface area contributed by atoms with Gasteiger partial charge in [0.25, 0.3) is 0 Å². The second-order valence-corrected chi connectivity index (χ2v) is 5.49. The standard InChI is InChI=1S/C16H23FN2O2.ClH/c1-19(16(20)12-13-6-8-18-9-7-13)10-11-21-15-5-3-2-4-14(15)17;/h2-5,13,18H,6-12H2,1H3;1H. The molecule has 6 heteroatoms. The lowest BCUT2D eigenvalue weighted by Gasteiger charge is -2.25. The highest BCUT2D eigenvalue weighted by atomic mass is 35.5. The van der Waals surface area contributed by atoms with E-state index in [4.69, 9.17) is 4.74 Å². The SMILES string of the molecule is CN(CCOc1ccccc1F)C(=O)CC1CCNCC1.Cl. The maximum absolute atomic E-state index is 13.4. The molecule has 1 aliphatic rings. The third-order valence-corrected chi connectivity index (χ3v) is 3.87. The molecule has 1 amide bonds. The average Bonchev–Trinajstić information content (AvgIpc) is 2.50. The van der Waals surface area contributed by atoms with Crippen LogP contribution in [0.4, 0.5) is 4.39 Å². The number of hydrogen-bond donors (Lipinski definition) is 1. The van der Waals surface area contributed by atoms with Gasteiger partial charge in [-0.2, -0.15) is 0 Å². The topological polar surface area (TPSA) is 41.6 Å². The maximum atomic E-state index is 13.4. The number of halogens is 2. The Morgan fingerprint density at radius 1 is 1.36 bits per heavy atom. The molecule has 0 radical (unpaired) electrons. The molecule has 124 valence electrons. The van der Waals surface area contributed by atoms with E-state index < -0.39 is 0 Å². The zero-order valence-electron chi connectivity index (χ0n) is 12.9. The Hall–Kier alpha value is -1.33. The van der Waals surface area contributed by atoms with Gasteiger partial charge in [0.05, 0.1) is 6.54 Å². The van der Waals surface area contributed by atoms with Gasteiger partial charge in [-0.25, -0.2) is 4.39 Å². The van der Waals surface area contributed by atoms with Crippen molar-refractivity contribution in [1.82, 2.24) is 10.2 Å². The van der Waals surface area contributed by atoms with Crippen LogP contribution in [0.2, 0.25) is 0 Å². The summed E-state index contributed by atoms with van der Waals surface area (Å²) in [5.41, 5.74) is 0. The summed E-state index contributed by atoms with van der Waals surface area (Å²) in [6.45, 7) is 2.77. The highest BCUT2D eigenvalue weighted by molar-refractivity contribution is 5.85. The predicted octanol–water partition coefficient (Wildman–Crippen LogP) is 2.47. The van der Waals surface area contributed by atoms with Crippen molar-refractivity contribution < 1.29 is 13.9 Å². The van der Waals surface area contributed by atoms with Crippen molar-refractivity contribution >= 4 is 18.3 Å². The summed E-state index contributed by atoms with van der Waals surface area (Å²) in [6, 6.07) is 6.30. The molecule has 0 aromatic heterocycles. The Morgan fingerprint density at radius 2 is 2.05 bits per heavy atom. The van der Waals surface area contributed by atoms with Crippen LogP contribution >= 0.6 is 12.4 Å². The molecule has 1 N–H and O–H groups in total. The second-order valence-electron chi connectivity index (χ2n) is 5.49. The molecule has 1 aliphatic heterocycles. The minimum Gasteiger partial charge on any atom is -0.489 e. The van der Waals surface area contributed by atoms with Gasteiger partial charge < -0.3 is 15.0 Å². The number of nitrogens with one attached hydrogen (secondary N) is 1. The number of nitrogens with zero attached hydrogens (tertiary/aromatic N) is 1. The van der Waals surface area contributed by atoms with E-state index in [1.807, 2.05) is 0 Å². The fourth-order valence-electron chi connectivity index (χ4n) is 2.47. The molecule has 1 saturated heterocycles. The molecule has 4 nitrogen and oxygen atoms in total. The van der Waals surface area contributed by atoms with Crippen molar-refractivity contribution in [2.24, 2.45) is 5.92 Å². The number of amides is 1. The third-order valence-electron chi connectivity index (χ3n) is 3.87. The number of ether oxygens (including phenoxy) is 1. The van der Waals surface area contributed by atoms with Crippen LogP contribution in [0.3, 0.4) is 0 Å². The summed E-state index contributed by atoms with van der Waals surface area (Å²) in [5.74, 6) is 0.477. The van der Waals surface area contributed by atoms with Crippen LogP contribution in [0.25, 0.3) is 0 Å². The van der Waals surface area contributed by atoms with Gasteiger partial charge in [-0.3, -0.25) is 4.79 Å². The van der Waals surface area contributed by atoms with E-state index in [0.29, 0.717) is 25.5 Å². The van der Waals surface area contributed by atoms with E-state index in [2.05, 4.69) is 5.32 Å². The normalized spacial score (nSPS) is 15.0. The molecule has 0 saturated carbocycles. The number of benzene rings is 1. The van der Waals surface area contributed by atoms with Gasteiger partial charge in [0.1, 0.15) is 6.61 Å². The fourth-order valence-corrected chi connectivity index (χ4v) is 2.47. The Balaban J connectivity index is 0.00000242. The Kier molecular flexibility index (Phi) is 8.20. The smallest absolute Gasteiger partial charge is 0.222 e. The number of likely N-dealkylation sites (N-methyl/N-ethyl adjacent to an activating group) is 1. The molecule has 22 heavy (non-hydrogen) atoms. The highest BCUT2D eigenvalue weighted by Gasteiger charge is 2.19. The van der Waals surface area contributed by atoms with E-state index in [1.54, 1.807) is 30.1 Å². The molecule has 0 spiro atoms. The van der Waals surface area contributed by atoms with E-state index in [9.17, 15) is 9.18 Å². The Morgan fingerprint density at radius 3 is 2.73 bits per heavy atom. The average molecular weight is 331 g/mol. The first-order valence-electron chi connectivity index (χ1n) is 7.49. The number of hydrogen-bond acceptors (Lipinski definition) is 3. The van der Waals surface area contributed by atoms with Crippen LogP contribution in [0, 0.1) is 11.7 Å². The zero-order chi connectivity index (χ0) is 15.1. The van der Waals surface area contributed by atoms with Gasteiger partial charge in [0.2, 0.25) is 5.91 Å². The Bertz CT molecular complexity index is 467. The molecule has 0 atom stereocenters. The predicted molar refractivity (Wildman–Crippen MR) is 87.0 cm³/mol. The van der Waals surface area contributed by atoms with E-state index in [0.717, 1.165) is 25.9 Å². The van der Waals surface area contributed by atoms with Gasteiger partial charge in [-0.05, 0) is 44.0 Å². The van der Waals surface area contributed by atoms with Gasteiger partial charge in [0, 0.05) is 13.5 Å². The van der Waals surface area contributed by atoms with Gasteiger partial charge in [-0.1, -0.05) is 12.1 Å². The van der Waals surface area contributed by atoms with Gasteiger partial charge in [-0.15, -0.1) is 12.4 Å². The quantitative estimate of drug-likeness (QED) is 0.871. The highest BCUT2D eigenvalue weighted by Crippen LogP contribution is 2.17. The van der Waals surface area contributed by atoms with Gasteiger partial charge in [0.15, 0.2) is 11.6 Å². The summed E-state index contributed by atoms with van der Waals surface area (Å²) in [4.78, 5) is 13.8. The lowest BCUT2D eigenvalue weighted by molar-refractivity contribution is -0.131. The fraction of sp³-hybridized carbons (Fsp3) is 0.562. The summed E-state index contributed by atoms with van der Waals surface area (Å²) >= 11 is 0. The molecule has 1 aromatic carbocycles. The lowest BCUT2D eigenvalue weighted by Crippen LogP contribution is -2.35. The molecular formula is C16H24ClFN2O2. The lowest BCUT2D eigenvalue weighted by atomic mass is 9.94. The van der Waals surface area contributed by atoms with Crippen LogP contribution in [-0.2, 0) is 4.79 Å². The first-order chi connectivity index (χ1) is 10.2. The van der Waals surface area contributed by atoms with Crippen molar-refractivity contribution in [3.8, 4) is 5.75 Å². The minimum atomic E-state index is -0.374. The number of para-hydroxylation sites is 1. The molecule has 1 heterocycles. The molecule has 0 bridgehead atoms. The van der Waals surface area contributed by atoms with E-state index >= 15 is 0 Å². The molecule has 1 aromatic rings. The number of piperidine rings is 1. The van der Waals surface area contributed by atoms with Crippen LogP contribution < -0.4 is 10.1 Å². The van der Waals surface area contributed by atoms with Gasteiger partial charge >= 0.3 is 0 Å². The number of carbonyl (C=O) groups is 1. The van der Waals surface area contributed by atoms with E-state index in [1.165, 1.54) is 6.07 Å². The molecule has 0 aliphatic carbocycles. The van der Waals surface area contributed by atoms with Crippen molar-refractivity contribution in [2.45, 2.75) is 19.3 Å². The van der Waals surface area contributed by atoms with Crippen LogP contribution in [0.15, 0.2) is 24.3 Å². The monoisotopic (exact) mass is 330 g/mol. The first kappa shape index (κ1) is 18.7. The van der Waals surface area contributed by atoms with Crippen LogP contribution in [0.1, 0.15) is 19.3 Å².